The molecule has 0 fully saturated rings. The first-order valence-electron chi connectivity index (χ1n) is 6.03. The molecular weight excluding hydrogens is 262 g/mol. The molecule has 0 bridgehead atoms. The predicted octanol–water partition coefficient (Wildman–Crippen LogP) is 2.32. The van der Waals surface area contributed by atoms with Gasteiger partial charge in [0.15, 0.2) is 11.5 Å². The standard InChI is InChI=1S/C14H13NO3S/c16-14(13-6-3-7-19-13)15-8-10-9-17-11-4-1-2-5-12(11)18-10/h1-7,10H,8-9H2,(H,15,16)/t10-/m0/s1. The van der Waals surface area contributed by atoms with Gasteiger partial charge in [0.05, 0.1) is 11.4 Å². The zero-order valence-corrected chi connectivity index (χ0v) is 11.0. The molecule has 1 aliphatic rings. The number of ether oxygens (including phenoxy) is 2. The van der Waals surface area contributed by atoms with Gasteiger partial charge in [-0.2, -0.15) is 0 Å². The largest absolute Gasteiger partial charge is 0.486 e. The Bertz CT molecular complexity index is 568. The molecule has 0 aliphatic carbocycles. The van der Waals surface area contributed by atoms with Gasteiger partial charge in [0.25, 0.3) is 5.91 Å². The van der Waals surface area contributed by atoms with Crippen LogP contribution in [0.25, 0.3) is 0 Å². The van der Waals surface area contributed by atoms with Crippen LogP contribution in [0.2, 0.25) is 0 Å². The van der Waals surface area contributed by atoms with Crippen molar-refractivity contribution in [1.29, 1.82) is 0 Å². The molecule has 19 heavy (non-hydrogen) atoms. The summed E-state index contributed by atoms with van der Waals surface area (Å²) in [5.74, 6) is 1.41. The Morgan fingerprint density at radius 2 is 2.11 bits per heavy atom. The summed E-state index contributed by atoms with van der Waals surface area (Å²) in [4.78, 5) is 12.5. The Labute approximate surface area is 115 Å². The van der Waals surface area contributed by atoms with Crippen molar-refractivity contribution in [3.05, 3.63) is 46.7 Å². The van der Waals surface area contributed by atoms with Crippen LogP contribution in [0.3, 0.4) is 0 Å². The molecule has 0 saturated heterocycles. The number of fused-ring (bicyclic) bond motifs is 1. The van der Waals surface area contributed by atoms with E-state index >= 15 is 0 Å². The first-order chi connectivity index (χ1) is 9.33. The van der Waals surface area contributed by atoms with Gasteiger partial charge < -0.3 is 14.8 Å². The molecule has 0 unspecified atom stereocenters. The lowest BCUT2D eigenvalue weighted by Crippen LogP contribution is -2.40. The third-order valence-electron chi connectivity index (χ3n) is 2.80. The molecular formula is C14H13NO3S. The van der Waals surface area contributed by atoms with Crippen LogP contribution in [-0.4, -0.2) is 25.2 Å². The van der Waals surface area contributed by atoms with Crippen molar-refractivity contribution in [3.8, 4) is 11.5 Å². The lowest BCUT2D eigenvalue weighted by Gasteiger charge is -2.26. The lowest BCUT2D eigenvalue weighted by atomic mass is 10.2. The highest BCUT2D eigenvalue weighted by Gasteiger charge is 2.21. The molecule has 2 aromatic rings. The van der Waals surface area contributed by atoms with E-state index in [2.05, 4.69) is 5.32 Å². The SMILES string of the molecule is O=C(NC[C@H]1COc2ccccc2O1)c1cccs1. The molecule has 3 rings (SSSR count). The smallest absolute Gasteiger partial charge is 0.261 e. The van der Waals surface area contributed by atoms with Gasteiger partial charge >= 0.3 is 0 Å². The van der Waals surface area contributed by atoms with E-state index in [4.69, 9.17) is 9.47 Å². The van der Waals surface area contributed by atoms with Gasteiger partial charge in [-0.3, -0.25) is 4.79 Å². The van der Waals surface area contributed by atoms with Crippen molar-refractivity contribution in [2.24, 2.45) is 0 Å². The maximum Gasteiger partial charge on any atom is 0.261 e. The molecule has 2 heterocycles. The number of carbonyl (C=O) groups is 1. The highest BCUT2D eigenvalue weighted by Crippen LogP contribution is 2.30. The third-order valence-corrected chi connectivity index (χ3v) is 3.67. The normalized spacial score (nSPS) is 16.9. The van der Waals surface area contributed by atoms with Crippen molar-refractivity contribution < 1.29 is 14.3 Å². The molecule has 1 amide bonds. The molecule has 5 heteroatoms. The number of benzene rings is 1. The maximum atomic E-state index is 11.8. The number of thiophene rings is 1. The van der Waals surface area contributed by atoms with Gasteiger partial charge in [0.1, 0.15) is 12.7 Å². The van der Waals surface area contributed by atoms with E-state index in [-0.39, 0.29) is 12.0 Å². The summed E-state index contributed by atoms with van der Waals surface area (Å²) in [6.45, 7) is 0.882. The van der Waals surface area contributed by atoms with Crippen LogP contribution in [0.1, 0.15) is 9.67 Å². The van der Waals surface area contributed by atoms with Gasteiger partial charge in [-0.15, -0.1) is 11.3 Å². The average molecular weight is 275 g/mol. The second-order valence-corrected chi connectivity index (χ2v) is 5.13. The molecule has 0 spiro atoms. The van der Waals surface area contributed by atoms with Gasteiger partial charge in [-0.05, 0) is 23.6 Å². The minimum atomic E-state index is -0.154. The van der Waals surface area contributed by atoms with Crippen LogP contribution in [0.5, 0.6) is 11.5 Å². The number of hydrogen-bond donors (Lipinski definition) is 1. The Kier molecular flexibility index (Phi) is 3.37. The fraction of sp³-hybridized carbons (Fsp3) is 0.214. The van der Waals surface area contributed by atoms with Crippen LogP contribution >= 0.6 is 11.3 Å². The van der Waals surface area contributed by atoms with E-state index in [0.29, 0.717) is 18.0 Å². The van der Waals surface area contributed by atoms with E-state index in [1.165, 1.54) is 11.3 Å². The quantitative estimate of drug-likeness (QED) is 0.935. The van der Waals surface area contributed by atoms with Crippen molar-refractivity contribution in [2.45, 2.75) is 6.10 Å². The molecule has 1 N–H and O–H groups in total. The Morgan fingerprint density at radius 3 is 2.89 bits per heavy atom. The van der Waals surface area contributed by atoms with Crippen LogP contribution in [0.4, 0.5) is 0 Å². The summed E-state index contributed by atoms with van der Waals surface area (Å²) >= 11 is 1.42. The summed E-state index contributed by atoms with van der Waals surface area (Å²) < 4.78 is 11.3. The second-order valence-electron chi connectivity index (χ2n) is 4.18. The highest BCUT2D eigenvalue weighted by atomic mass is 32.1. The number of hydrogen-bond acceptors (Lipinski definition) is 4. The third kappa shape index (κ3) is 2.71. The van der Waals surface area contributed by atoms with Crippen LogP contribution in [-0.2, 0) is 0 Å². The number of amides is 1. The molecule has 0 radical (unpaired) electrons. The fourth-order valence-electron chi connectivity index (χ4n) is 1.87. The molecule has 98 valence electrons. The summed E-state index contributed by atoms with van der Waals surface area (Å²) in [6, 6.07) is 11.2. The van der Waals surface area contributed by atoms with Crippen molar-refractivity contribution in [2.75, 3.05) is 13.2 Å². The highest BCUT2D eigenvalue weighted by molar-refractivity contribution is 7.12. The van der Waals surface area contributed by atoms with Crippen molar-refractivity contribution >= 4 is 17.2 Å². The number of carbonyl (C=O) groups excluding carboxylic acids is 1. The molecule has 1 atom stereocenters. The summed E-state index contributed by atoms with van der Waals surface area (Å²) in [7, 11) is 0. The fourth-order valence-corrected chi connectivity index (χ4v) is 2.51. The zero-order chi connectivity index (χ0) is 13.1. The predicted molar refractivity (Wildman–Crippen MR) is 73.0 cm³/mol. The maximum absolute atomic E-state index is 11.8. The van der Waals surface area contributed by atoms with Gasteiger partial charge in [0, 0.05) is 0 Å². The Balaban J connectivity index is 1.57. The monoisotopic (exact) mass is 275 g/mol. The summed E-state index contributed by atoms with van der Waals surface area (Å²) in [6.07, 6.45) is -0.154. The van der Waals surface area contributed by atoms with Gasteiger partial charge in [0.2, 0.25) is 0 Å². The first kappa shape index (κ1) is 12.0. The zero-order valence-electron chi connectivity index (χ0n) is 10.2. The first-order valence-corrected chi connectivity index (χ1v) is 6.91. The van der Waals surface area contributed by atoms with Crippen LogP contribution in [0.15, 0.2) is 41.8 Å². The molecule has 0 saturated carbocycles. The van der Waals surface area contributed by atoms with Gasteiger partial charge in [-0.25, -0.2) is 0 Å². The van der Waals surface area contributed by atoms with Crippen LogP contribution < -0.4 is 14.8 Å². The van der Waals surface area contributed by atoms with Crippen molar-refractivity contribution in [3.63, 3.8) is 0 Å². The Morgan fingerprint density at radius 1 is 1.26 bits per heavy atom. The summed E-state index contributed by atoms with van der Waals surface area (Å²) in [5.41, 5.74) is 0. The molecule has 1 aliphatic heterocycles. The number of nitrogens with one attached hydrogen (secondary N) is 1. The number of rotatable bonds is 3. The topological polar surface area (TPSA) is 47.6 Å². The minimum Gasteiger partial charge on any atom is -0.486 e. The van der Waals surface area contributed by atoms with E-state index in [9.17, 15) is 4.79 Å². The van der Waals surface area contributed by atoms with E-state index in [1.807, 2.05) is 35.7 Å². The lowest BCUT2D eigenvalue weighted by molar-refractivity contribution is 0.0791. The van der Waals surface area contributed by atoms with Crippen LogP contribution in [0, 0.1) is 0 Å². The molecule has 4 nitrogen and oxygen atoms in total. The molecule has 1 aromatic carbocycles. The van der Waals surface area contributed by atoms with E-state index in [0.717, 1.165) is 11.5 Å². The Hall–Kier alpha value is -2.01. The van der Waals surface area contributed by atoms with E-state index < -0.39 is 0 Å². The number of para-hydroxylation sites is 2. The minimum absolute atomic E-state index is 0.0718. The van der Waals surface area contributed by atoms with Gasteiger partial charge in [-0.1, -0.05) is 18.2 Å². The van der Waals surface area contributed by atoms with Crippen molar-refractivity contribution in [1.82, 2.24) is 5.32 Å². The molecule has 1 aromatic heterocycles. The van der Waals surface area contributed by atoms with E-state index in [1.54, 1.807) is 6.07 Å². The second kappa shape index (κ2) is 5.32. The summed E-state index contributed by atoms with van der Waals surface area (Å²) in [5, 5.41) is 4.73. The average Bonchev–Trinajstić information content (AvgIpc) is 2.99.